The first-order chi connectivity index (χ1) is 25.6. The largest absolute Gasteiger partial charge is 0.493 e. The maximum absolute atomic E-state index is 12.5. The van der Waals surface area contributed by atoms with E-state index in [2.05, 4.69) is 52.9 Å². The molecule has 4 aromatic rings. The van der Waals surface area contributed by atoms with Crippen LogP contribution in [0.5, 0.6) is 23.0 Å². The summed E-state index contributed by atoms with van der Waals surface area (Å²) in [5.41, 5.74) is 7.13. The first kappa shape index (κ1) is 40.4. The summed E-state index contributed by atoms with van der Waals surface area (Å²) in [5, 5.41) is 8.03. The average molecular weight is 851 g/mol. The monoisotopic (exact) mass is 848 g/mol. The van der Waals surface area contributed by atoms with Crippen LogP contribution in [0, 0.1) is 0 Å². The molecule has 0 fully saturated rings. The number of hydrazone groups is 2. The first-order valence-corrected chi connectivity index (χ1v) is 18.2. The number of halogens is 2. The number of amides is 2. The van der Waals surface area contributed by atoms with Gasteiger partial charge in [0.2, 0.25) is 11.8 Å². The quantitative estimate of drug-likeness (QED) is 0.0336. The van der Waals surface area contributed by atoms with Gasteiger partial charge in [-0.15, -0.1) is 0 Å². The Morgan fingerprint density at radius 2 is 0.925 bits per heavy atom. The Kier molecular flexibility index (Phi) is 16.2. The number of methoxy groups -OCH3 is 2. The summed E-state index contributed by atoms with van der Waals surface area (Å²) in [6.07, 6.45) is 7.54. The van der Waals surface area contributed by atoms with Crippen molar-refractivity contribution in [2.24, 2.45) is 10.2 Å². The zero-order chi connectivity index (χ0) is 38.0. The lowest BCUT2D eigenvalue weighted by molar-refractivity contribution is -0.121. The fourth-order valence-electron chi connectivity index (χ4n) is 4.76. The number of benzene rings is 4. The number of rotatable bonds is 18. The van der Waals surface area contributed by atoms with Crippen LogP contribution in [-0.4, -0.2) is 50.4 Å². The summed E-state index contributed by atoms with van der Waals surface area (Å²) in [6.45, 7) is 0. The van der Waals surface area contributed by atoms with Crippen LogP contribution in [0.2, 0.25) is 0 Å². The van der Waals surface area contributed by atoms with Crippen molar-refractivity contribution in [3.8, 4) is 23.0 Å². The third-order valence-corrected chi connectivity index (χ3v) is 8.61. The molecule has 0 radical (unpaired) electrons. The molecular formula is C39H38Br2N4O8. The van der Waals surface area contributed by atoms with Crippen LogP contribution in [0.25, 0.3) is 0 Å². The molecule has 12 nitrogen and oxygen atoms in total. The number of unbranched alkanes of at least 4 members (excludes halogenated alkanes) is 4. The summed E-state index contributed by atoms with van der Waals surface area (Å²) < 4.78 is 23.4. The summed E-state index contributed by atoms with van der Waals surface area (Å²) in [4.78, 5) is 49.4. The highest BCUT2D eigenvalue weighted by Gasteiger charge is 2.14. The predicted molar refractivity (Wildman–Crippen MR) is 208 cm³/mol. The van der Waals surface area contributed by atoms with Gasteiger partial charge in [-0.25, -0.2) is 20.4 Å². The van der Waals surface area contributed by atoms with Crippen LogP contribution in [0.15, 0.2) is 104 Å². The van der Waals surface area contributed by atoms with E-state index in [4.69, 9.17) is 18.9 Å². The number of hydrogen-bond acceptors (Lipinski definition) is 10. The number of nitrogens with one attached hydrogen (secondary N) is 2. The highest BCUT2D eigenvalue weighted by Crippen LogP contribution is 2.30. The Morgan fingerprint density at radius 3 is 1.30 bits per heavy atom. The molecule has 0 unspecified atom stereocenters. The Bertz CT molecular complexity index is 1790. The van der Waals surface area contributed by atoms with Crippen molar-refractivity contribution in [2.45, 2.75) is 44.9 Å². The van der Waals surface area contributed by atoms with Gasteiger partial charge in [-0.1, -0.05) is 51.1 Å². The molecule has 2 amide bonds. The first-order valence-electron chi connectivity index (χ1n) is 16.6. The average Bonchev–Trinajstić information content (AvgIpc) is 3.15. The SMILES string of the molecule is COc1cc(C=NNC(=O)CCCCCCCC(=O)NN=Cc2ccc(OC(=O)c3ccc(Br)cc3)c(OC)c2)ccc1OC(=O)c1ccc(Br)cc1. The summed E-state index contributed by atoms with van der Waals surface area (Å²) in [7, 11) is 2.94. The van der Waals surface area contributed by atoms with Gasteiger partial charge in [-0.05, 0) is 109 Å². The highest BCUT2D eigenvalue weighted by atomic mass is 79.9. The van der Waals surface area contributed by atoms with Crippen molar-refractivity contribution >= 4 is 68.0 Å². The number of carbonyl (C=O) groups excluding carboxylic acids is 4. The van der Waals surface area contributed by atoms with Crippen LogP contribution in [0.3, 0.4) is 0 Å². The Morgan fingerprint density at radius 1 is 0.547 bits per heavy atom. The van der Waals surface area contributed by atoms with Gasteiger partial charge in [0.05, 0.1) is 37.8 Å². The fraction of sp³-hybridized carbons (Fsp3) is 0.231. The summed E-state index contributed by atoms with van der Waals surface area (Å²) >= 11 is 6.67. The molecule has 0 aromatic heterocycles. The van der Waals surface area contributed by atoms with E-state index in [1.54, 1.807) is 84.9 Å². The van der Waals surface area contributed by atoms with Crippen molar-refractivity contribution in [1.82, 2.24) is 10.9 Å². The summed E-state index contributed by atoms with van der Waals surface area (Å²) in [5.74, 6) is -0.236. The van der Waals surface area contributed by atoms with Crippen molar-refractivity contribution in [2.75, 3.05) is 14.2 Å². The third-order valence-electron chi connectivity index (χ3n) is 7.55. The molecule has 53 heavy (non-hydrogen) atoms. The Labute approximate surface area is 324 Å². The molecule has 0 saturated heterocycles. The molecule has 2 N–H and O–H groups in total. The molecule has 4 aromatic carbocycles. The molecular weight excluding hydrogens is 812 g/mol. The van der Waals surface area contributed by atoms with E-state index in [9.17, 15) is 19.2 Å². The molecule has 14 heteroatoms. The standard InChI is InChI=1S/C39H38Br2N4O8/c1-50-34-22-26(10-20-32(34)52-38(48)28-12-16-30(40)17-13-28)24-42-44-36(46)8-6-4-3-5-7-9-37(47)45-43-25-27-11-21-33(35(23-27)51-2)53-39(49)29-14-18-31(41)19-15-29/h10-25H,3-9H2,1-2H3,(H,44,46)(H,45,47). The smallest absolute Gasteiger partial charge is 0.343 e. The number of carbonyl (C=O) groups is 4. The van der Waals surface area contributed by atoms with Gasteiger partial charge in [0.15, 0.2) is 23.0 Å². The van der Waals surface area contributed by atoms with Gasteiger partial charge in [-0.3, -0.25) is 9.59 Å². The molecule has 4 rings (SSSR count). The van der Waals surface area contributed by atoms with Gasteiger partial charge in [0.25, 0.3) is 0 Å². The number of esters is 2. The highest BCUT2D eigenvalue weighted by molar-refractivity contribution is 9.10. The zero-order valence-electron chi connectivity index (χ0n) is 29.1. The maximum atomic E-state index is 12.5. The van der Waals surface area contributed by atoms with Gasteiger partial charge < -0.3 is 18.9 Å². The fourth-order valence-corrected chi connectivity index (χ4v) is 5.29. The van der Waals surface area contributed by atoms with E-state index in [1.807, 2.05) is 0 Å². The second kappa shape index (κ2) is 21.2. The number of hydrogen-bond donors (Lipinski definition) is 2. The minimum atomic E-state index is -0.515. The molecule has 0 bridgehead atoms. The van der Waals surface area contributed by atoms with E-state index in [1.165, 1.54) is 26.6 Å². The van der Waals surface area contributed by atoms with E-state index in [-0.39, 0.29) is 23.3 Å². The third kappa shape index (κ3) is 13.6. The lowest BCUT2D eigenvalue weighted by atomic mass is 10.1. The lowest BCUT2D eigenvalue weighted by Crippen LogP contribution is -2.17. The minimum absolute atomic E-state index is 0.209. The summed E-state index contributed by atoms with van der Waals surface area (Å²) in [6, 6.07) is 23.5. The maximum Gasteiger partial charge on any atom is 0.343 e. The molecule has 0 heterocycles. The predicted octanol–water partition coefficient (Wildman–Crippen LogP) is 8.00. The van der Waals surface area contributed by atoms with E-state index in [0.717, 1.165) is 28.2 Å². The van der Waals surface area contributed by atoms with Crippen molar-refractivity contribution < 1.29 is 38.1 Å². The van der Waals surface area contributed by atoms with Crippen LogP contribution in [0.4, 0.5) is 0 Å². The molecule has 0 aliphatic carbocycles. The van der Waals surface area contributed by atoms with Crippen LogP contribution >= 0.6 is 31.9 Å². The van der Waals surface area contributed by atoms with Gasteiger partial charge in [0, 0.05) is 21.8 Å². The van der Waals surface area contributed by atoms with Crippen molar-refractivity contribution in [3.63, 3.8) is 0 Å². The molecule has 0 saturated carbocycles. The number of nitrogens with zero attached hydrogens (tertiary/aromatic N) is 2. The van der Waals surface area contributed by atoms with Crippen molar-refractivity contribution in [1.29, 1.82) is 0 Å². The minimum Gasteiger partial charge on any atom is -0.493 e. The Hall–Kier alpha value is -5.34. The van der Waals surface area contributed by atoms with E-state index < -0.39 is 11.9 Å². The molecule has 0 aliphatic heterocycles. The van der Waals surface area contributed by atoms with Crippen LogP contribution < -0.4 is 29.8 Å². The van der Waals surface area contributed by atoms with Gasteiger partial charge in [0.1, 0.15) is 0 Å². The van der Waals surface area contributed by atoms with Gasteiger partial charge >= 0.3 is 11.9 Å². The zero-order valence-corrected chi connectivity index (χ0v) is 32.3. The lowest BCUT2D eigenvalue weighted by Gasteiger charge is -2.10. The second-order valence-electron chi connectivity index (χ2n) is 11.5. The topological polar surface area (TPSA) is 154 Å². The molecule has 0 aliphatic rings. The Balaban J connectivity index is 1.08. The van der Waals surface area contributed by atoms with E-state index in [0.29, 0.717) is 59.4 Å². The van der Waals surface area contributed by atoms with Crippen molar-refractivity contribution in [3.05, 3.63) is 116 Å². The normalized spacial score (nSPS) is 10.9. The molecule has 276 valence electrons. The van der Waals surface area contributed by atoms with E-state index >= 15 is 0 Å². The second-order valence-corrected chi connectivity index (χ2v) is 13.3. The molecule has 0 atom stereocenters. The van der Waals surface area contributed by atoms with Crippen LogP contribution in [0.1, 0.15) is 76.8 Å². The molecule has 0 spiro atoms. The van der Waals surface area contributed by atoms with Gasteiger partial charge in [-0.2, -0.15) is 10.2 Å². The number of ether oxygens (including phenoxy) is 4. The van der Waals surface area contributed by atoms with Crippen LogP contribution in [-0.2, 0) is 9.59 Å².